The van der Waals surface area contributed by atoms with Crippen molar-refractivity contribution >= 4 is 45.8 Å². The number of carbonyl (C=O) groups is 2. The standard InChI is InChI=1S/C15H13IN2O2/c1-10(19)17-11-6-8-12(9-7-11)18-15(20)13-4-2-3-5-14(13)16/h2-9H,1H3,(H,17,19)(H,18,20). The molecule has 0 aromatic heterocycles. The average Bonchev–Trinajstić information content (AvgIpc) is 2.41. The van der Waals surface area contributed by atoms with Gasteiger partial charge in [0.2, 0.25) is 5.91 Å². The van der Waals surface area contributed by atoms with E-state index in [0.29, 0.717) is 16.9 Å². The van der Waals surface area contributed by atoms with Gasteiger partial charge in [0.05, 0.1) is 5.56 Å². The molecule has 2 aromatic rings. The fraction of sp³-hybridized carbons (Fsp3) is 0.0667. The molecule has 0 saturated carbocycles. The predicted octanol–water partition coefficient (Wildman–Crippen LogP) is 3.50. The van der Waals surface area contributed by atoms with Crippen molar-refractivity contribution < 1.29 is 9.59 Å². The lowest BCUT2D eigenvalue weighted by atomic mass is 10.2. The number of nitrogens with one attached hydrogen (secondary N) is 2. The van der Waals surface area contributed by atoms with E-state index in [4.69, 9.17) is 0 Å². The second-order valence-corrected chi connectivity index (χ2v) is 5.35. The molecule has 0 saturated heterocycles. The minimum atomic E-state index is -0.151. The van der Waals surface area contributed by atoms with Crippen LogP contribution in [-0.2, 0) is 4.79 Å². The number of amides is 2. The molecule has 2 amide bonds. The maximum Gasteiger partial charge on any atom is 0.256 e. The van der Waals surface area contributed by atoms with Crippen LogP contribution in [0.5, 0.6) is 0 Å². The molecule has 0 unspecified atom stereocenters. The Labute approximate surface area is 130 Å². The van der Waals surface area contributed by atoms with Gasteiger partial charge in [-0.25, -0.2) is 0 Å². The first kappa shape index (κ1) is 14.5. The maximum atomic E-state index is 12.1. The summed E-state index contributed by atoms with van der Waals surface area (Å²) in [6.07, 6.45) is 0. The maximum absolute atomic E-state index is 12.1. The first-order valence-electron chi connectivity index (χ1n) is 6.00. The van der Waals surface area contributed by atoms with Gasteiger partial charge in [-0.3, -0.25) is 9.59 Å². The van der Waals surface area contributed by atoms with E-state index in [9.17, 15) is 9.59 Å². The van der Waals surface area contributed by atoms with E-state index in [1.807, 2.05) is 18.2 Å². The second-order valence-electron chi connectivity index (χ2n) is 4.19. The van der Waals surface area contributed by atoms with E-state index in [1.165, 1.54) is 6.92 Å². The number of hydrogen-bond acceptors (Lipinski definition) is 2. The topological polar surface area (TPSA) is 58.2 Å². The lowest BCUT2D eigenvalue weighted by Crippen LogP contribution is -2.13. The smallest absolute Gasteiger partial charge is 0.256 e. The van der Waals surface area contributed by atoms with Gasteiger partial charge in [0.25, 0.3) is 5.91 Å². The van der Waals surface area contributed by atoms with Crippen molar-refractivity contribution in [2.45, 2.75) is 6.92 Å². The van der Waals surface area contributed by atoms with Crippen LogP contribution in [0, 0.1) is 3.57 Å². The molecule has 0 heterocycles. The zero-order valence-corrected chi connectivity index (χ0v) is 13.0. The van der Waals surface area contributed by atoms with Crippen LogP contribution in [0.15, 0.2) is 48.5 Å². The number of anilines is 2. The van der Waals surface area contributed by atoms with E-state index in [0.717, 1.165) is 3.57 Å². The van der Waals surface area contributed by atoms with Crippen LogP contribution in [-0.4, -0.2) is 11.8 Å². The number of halogens is 1. The summed E-state index contributed by atoms with van der Waals surface area (Å²) < 4.78 is 0.900. The molecule has 0 radical (unpaired) electrons. The summed E-state index contributed by atoms with van der Waals surface area (Å²) >= 11 is 2.13. The summed E-state index contributed by atoms with van der Waals surface area (Å²) in [4.78, 5) is 23.0. The molecular weight excluding hydrogens is 367 g/mol. The molecule has 0 spiro atoms. The summed E-state index contributed by atoms with van der Waals surface area (Å²) in [5.41, 5.74) is 2.02. The lowest BCUT2D eigenvalue weighted by molar-refractivity contribution is -0.114. The lowest BCUT2D eigenvalue weighted by Gasteiger charge is -2.08. The first-order chi connectivity index (χ1) is 9.56. The minimum Gasteiger partial charge on any atom is -0.326 e. The van der Waals surface area contributed by atoms with Gasteiger partial charge in [-0.1, -0.05) is 12.1 Å². The molecule has 0 aliphatic heterocycles. The van der Waals surface area contributed by atoms with Crippen molar-refractivity contribution in [3.63, 3.8) is 0 Å². The fourth-order valence-corrected chi connectivity index (χ4v) is 2.32. The van der Waals surface area contributed by atoms with Gasteiger partial charge in [-0.2, -0.15) is 0 Å². The molecule has 0 bridgehead atoms. The van der Waals surface area contributed by atoms with Crippen LogP contribution in [0.2, 0.25) is 0 Å². The third-order valence-electron chi connectivity index (χ3n) is 2.58. The molecule has 0 atom stereocenters. The van der Waals surface area contributed by atoms with Crippen molar-refractivity contribution in [2.24, 2.45) is 0 Å². The minimum absolute atomic E-state index is 0.124. The predicted molar refractivity (Wildman–Crippen MR) is 87.9 cm³/mol. The molecule has 4 nitrogen and oxygen atoms in total. The Morgan fingerprint density at radius 3 is 2.00 bits per heavy atom. The van der Waals surface area contributed by atoms with Crippen molar-refractivity contribution in [2.75, 3.05) is 10.6 Å². The largest absolute Gasteiger partial charge is 0.326 e. The Bertz CT molecular complexity index is 639. The quantitative estimate of drug-likeness (QED) is 0.801. The summed E-state index contributed by atoms with van der Waals surface area (Å²) in [6.45, 7) is 1.45. The van der Waals surface area contributed by atoms with Gasteiger partial charge in [-0.15, -0.1) is 0 Å². The third kappa shape index (κ3) is 3.80. The molecule has 20 heavy (non-hydrogen) atoms. The fourth-order valence-electron chi connectivity index (χ4n) is 1.68. The summed E-state index contributed by atoms with van der Waals surface area (Å²) in [5, 5.41) is 5.50. The first-order valence-corrected chi connectivity index (χ1v) is 7.07. The van der Waals surface area contributed by atoms with Crippen molar-refractivity contribution in [3.05, 3.63) is 57.7 Å². The SMILES string of the molecule is CC(=O)Nc1ccc(NC(=O)c2ccccc2I)cc1. The Morgan fingerprint density at radius 2 is 1.45 bits per heavy atom. The van der Waals surface area contributed by atoms with Crippen LogP contribution in [0.25, 0.3) is 0 Å². The summed E-state index contributed by atoms with van der Waals surface area (Å²) in [5.74, 6) is -0.275. The second kappa shape index (κ2) is 6.51. The number of hydrogen-bond donors (Lipinski definition) is 2. The normalized spacial score (nSPS) is 9.90. The van der Waals surface area contributed by atoms with Gasteiger partial charge >= 0.3 is 0 Å². The molecule has 102 valence electrons. The highest BCUT2D eigenvalue weighted by atomic mass is 127. The molecular formula is C15H13IN2O2. The highest BCUT2D eigenvalue weighted by Gasteiger charge is 2.09. The molecule has 0 fully saturated rings. The Hall–Kier alpha value is -1.89. The van der Waals surface area contributed by atoms with Crippen LogP contribution < -0.4 is 10.6 Å². The molecule has 0 aliphatic carbocycles. The third-order valence-corrected chi connectivity index (χ3v) is 3.52. The van der Waals surface area contributed by atoms with Crippen molar-refractivity contribution in [3.8, 4) is 0 Å². The Kier molecular flexibility index (Phi) is 4.73. The van der Waals surface area contributed by atoms with Gasteiger partial charge in [0.1, 0.15) is 0 Å². The van der Waals surface area contributed by atoms with E-state index in [2.05, 4.69) is 33.2 Å². The molecule has 2 rings (SSSR count). The average molecular weight is 380 g/mol. The zero-order valence-electron chi connectivity index (χ0n) is 10.8. The molecule has 0 aliphatic rings. The number of carbonyl (C=O) groups excluding carboxylic acids is 2. The van der Waals surface area contributed by atoms with Crippen LogP contribution in [0.4, 0.5) is 11.4 Å². The van der Waals surface area contributed by atoms with Crippen LogP contribution in [0.1, 0.15) is 17.3 Å². The van der Waals surface area contributed by atoms with Gasteiger partial charge in [0.15, 0.2) is 0 Å². The number of benzene rings is 2. The molecule has 2 N–H and O–H groups in total. The Balaban J connectivity index is 2.09. The monoisotopic (exact) mass is 380 g/mol. The highest BCUT2D eigenvalue weighted by molar-refractivity contribution is 14.1. The van der Waals surface area contributed by atoms with E-state index in [1.54, 1.807) is 30.3 Å². The van der Waals surface area contributed by atoms with E-state index in [-0.39, 0.29) is 11.8 Å². The number of rotatable bonds is 3. The summed E-state index contributed by atoms with van der Waals surface area (Å²) in [6, 6.07) is 14.4. The van der Waals surface area contributed by atoms with Crippen LogP contribution >= 0.6 is 22.6 Å². The zero-order chi connectivity index (χ0) is 14.5. The Morgan fingerprint density at radius 1 is 0.900 bits per heavy atom. The van der Waals surface area contributed by atoms with E-state index >= 15 is 0 Å². The molecule has 5 heteroatoms. The van der Waals surface area contributed by atoms with E-state index < -0.39 is 0 Å². The van der Waals surface area contributed by atoms with Crippen molar-refractivity contribution in [1.29, 1.82) is 0 Å². The van der Waals surface area contributed by atoms with Gasteiger partial charge in [0, 0.05) is 21.9 Å². The van der Waals surface area contributed by atoms with Gasteiger partial charge in [-0.05, 0) is 59.0 Å². The van der Waals surface area contributed by atoms with Crippen molar-refractivity contribution in [1.82, 2.24) is 0 Å². The van der Waals surface area contributed by atoms with Crippen LogP contribution in [0.3, 0.4) is 0 Å². The van der Waals surface area contributed by atoms with Gasteiger partial charge < -0.3 is 10.6 Å². The summed E-state index contributed by atoms with van der Waals surface area (Å²) in [7, 11) is 0. The molecule has 2 aromatic carbocycles. The highest BCUT2D eigenvalue weighted by Crippen LogP contribution is 2.17.